The molecule has 0 saturated heterocycles. The smallest absolute Gasteiger partial charge is 0.399 e. The predicted octanol–water partition coefficient (Wildman–Crippen LogP) is 8.58. The number of sulfone groups is 1. The lowest BCUT2D eigenvalue weighted by molar-refractivity contribution is -0.0881. The highest BCUT2D eigenvalue weighted by Gasteiger charge is 2.34. The molecule has 210 valence electrons. The summed E-state index contributed by atoms with van der Waals surface area (Å²) in [4.78, 5) is 0.0325. The Morgan fingerprint density at radius 1 is 0.900 bits per heavy atom. The second kappa shape index (κ2) is 12.6. The van der Waals surface area contributed by atoms with Gasteiger partial charge in [-0.05, 0) is 68.4 Å². The van der Waals surface area contributed by atoms with Gasteiger partial charge in [0.1, 0.15) is 10.6 Å². The Bertz CT molecular complexity index is 1640. The number of hydrogen-bond donors (Lipinski definition) is 0. The fraction of sp³-hybridized carbons (Fsp3) is 0.172. The Morgan fingerprint density at radius 3 is 2.20 bits per heavy atom. The highest BCUT2D eigenvalue weighted by atomic mass is 35.5. The first-order chi connectivity index (χ1) is 19.1. The van der Waals surface area contributed by atoms with Gasteiger partial charge in [0.2, 0.25) is 0 Å². The summed E-state index contributed by atoms with van der Waals surface area (Å²) < 4.78 is 77.5. The Morgan fingerprint density at radius 2 is 1.55 bits per heavy atom. The van der Waals surface area contributed by atoms with E-state index in [0.29, 0.717) is 11.1 Å². The number of aryl methyl sites for hydroxylation is 1. The maximum absolute atomic E-state index is 14.3. The number of halogens is 3. The van der Waals surface area contributed by atoms with E-state index in [2.05, 4.69) is 9.46 Å². The van der Waals surface area contributed by atoms with Gasteiger partial charge >= 0.3 is 7.60 Å². The summed E-state index contributed by atoms with van der Waals surface area (Å²) in [5.41, 5.74) is 3.85. The molecule has 0 fully saturated rings. The van der Waals surface area contributed by atoms with E-state index in [1.165, 1.54) is 25.3 Å². The molecule has 6 nitrogen and oxygen atoms in total. The molecule has 4 aromatic rings. The minimum atomic E-state index is -4.67. The van der Waals surface area contributed by atoms with Gasteiger partial charge in [-0.1, -0.05) is 90.0 Å². The Labute approximate surface area is 236 Å². The predicted molar refractivity (Wildman–Crippen MR) is 150 cm³/mol. The molecule has 40 heavy (non-hydrogen) atoms. The van der Waals surface area contributed by atoms with Crippen LogP contribution in [-0.2, 0) is 36.4 Å². The summed E-state index contributed by atoms with van der Waals surface area (Å²) in [6, 6.07) is 25.9. The molecule has 1 atom stereocenters. The van der Waals surface area contributed by atoms with E-state index >= 15 is 0 Å². The van der Waals surface area contributed by atoms with Crippen molar-refractivity contribution in [3.63, 3.8) is 0 Å². The van der Waals surface area contributed by atoms with E-state index in [1.54, 1.807) is 36.4 Å². The average Bonchev–Trinajstić information content (AvgIpc) is 2.97. The van der Waals surface area contributed by atoms with Crippen molar-refractivity contribution in [1.82, 2.24) is 0 Å². The standard InChI is InChI=1S/C29H26ClF2O6PS/c1-20-11-14-22(15-12-20)24-7-3-4-8-25(24)29(40(34,35)28-10-6-5-9-27(28)36-2)18-21-13-16-23(26(30)17-21)19-39(33,37-31)38-32/h3-17,29H,18-19H2,1-2H3. The summed E-state index contributed by atoms with van der Waals surface area (Å²) in [5.74, 6) is 0.210. The summed E-state index contributed by atoms with van der Waals surface area (Å²) in [6.45, 7) is 1.97. The fourth-order valence-corrected chi connectivity index (χ4v) is 7.63. The lowest BCUT2D eigenvalue weighted by Crippen LogP contribution is -2.18. The van der Waals surface area contributed by atoms with Gasteiger partial charge in [0, 0.05) is 5.02 Å². The number of benzene rings is 4. The van der Waals surface area contributed by atoms with Crippen LogP contribution in [0.25, 0.3) is 11.1 Å². The third kappa shape index (κ3) is 6.45. The quantitative estimate of drug-likeness (QED) is 0.159. The molecule has 0 N–H and O–H groups in total. The molecule has 0 saturated carbocycles. The number of rotatable bonds is 11. The maximum atomic E-state index is 14.3. The fourth-order valence-electron chi connectivity index (χ4n) is 4.50. The van der Waals surface area contributed by atoms with Crippen LogP contribution in [0.1, 0.15) is 27.5 Å². The Balaban J connectivity index is 1.84. The molecular weight excluding hydrogens is 581 g/mol. The molecule has 0 radical (unpaired) electrons. The Kier molecular flexibility index (Phi) is 9.44. The average molecular weight is 607 g/mol. The van der Waals surface area contributed by atoms with Crippen LogP contribution in [-0.4, -0.2) is 15.5 Å². The van der Waals surface area contributed by atoms with Crippen molar-refractivity contribution in [3.05, 3.63) is 118 Å². The minimum absolute atomic E-state index is 0.000138. The third-order valence-corrected chi connectivity index (χ3v) is 10.2. The maximum Gasteiger partial charge on any atom is 0.399 e. The first-order valence-corrected chi connectivity index (χ1v) is 15.8. The molecule has 0 aliphatic heterocycles. The first-order valence-electron chi connectivity index (χ1n) is 12.1. The van der Waals surface area contributed by atoms with Crippen LogP contribution in [0.2, 0.25) is 5.02 Å². The van der Waals surface area contributed by atoms with E-state index in [4.69, 9.17) is 16.3 Å². The van der Waals surface area contributed by atoms with Gasteiger partial charge in [-0.3, -0.25) is 4.57 Å². The van der Waals surface area contributed by atoms with Crippen LogP contribution >= 0.6 is 19.2 Å². The number of hydrogen-bond acceptors (Lipinski definition) is 6. The summed E-state index contributed by atoms with van der Waals surface area (Å²) in [6.07, 6.45) is -0.752. The van der Waals surface area contributed by atoms with Crippen molar-refractivity contribution >= 4 is 29.0 Å². The zero-order chi connectivity index (χ0) is 28.9. The molecule has 4 rings (SSSR count). The molecular formula is C29H26ClF2O6PS. The van der Waals surface area contributed by atoms with Gasteiger partial charge in [0.25, 0.3) is 0 Å². The molecule has 0 aliphatic carbocycles. The molecule has 0 aliphatic rings. The van der Waals surface area contributed by atoms with Crippen molar-refractivity contribution in [1.29, 1.82) is 0 Å². The lowest BCUT2D eigenvalue weighted by atomic mass is 9.94. The second-order valence-electron chi connectivity index (χ2n) is 9.17. The van der Waals surface area contributed by atoms with E-state index < -0.39 is 28.8 Å². The summed E-state index contributed by atoms with van der Waals surface area (Å²) in [7, 11) is -7.31. The monoisotopic (exact) mass is 606 g/mol. The molecule has 1 unspecified atom stereocenters. The normalized spacial score (nSPS) is 12.7. The first kappa shape index (κ1) is 29.9. The van der Waals surface area contributed by atoms with Crippen LogP contribution in [0.3, 0.4) is 0 Å². The van der Waals surface area contributed by atoms with Crippen LogP contribution in [0.15, 0.2) is 95.9 Å². The number of ether oxygens (including phenoxy) is 1. The van der Waals surface area contributed by atoms with Gasteiger partial charge in [0.15, 0.2) is 9.84 Å². The molecule has 0 spiro atoms. The van der Waals surface area contributed by atoms with E-state index in [1.807, 2.05) is 43.3 Å². The van der Waals surface area contributed by atoms with Crippen molar-refractivity contribution < 1.29 is 36.2 Å². The van der Waals surface area contributed by atoms with Crippen molar-refractivity contribution in [2.45, 2.75) is 29.7 Å². The Hall–Kier alpha value is -3.07. The number of methoxy groups -OCH3 is 1. The highest BCUT2D eigenvalue weighted by molar-refractivity contribution is 7.91. The second-order valence-corrected chi connectivity index (χ2v) is 13.5. The van der Waals surface area contributed by atoms with E-state index in [9.17, 15) is 22.0 Å². The topological polar surface area (TPSA) is 78.9 Å². The zero-order valence-electron chi connectivity index (χ0n) is 21.6. The highest BCUT2D eigenvalue weighted by Crippen LogP contribution is 2.53. The molecule has 0 aromatic heterocycles. The third-order valence-electron chi connectivity index (χ3n) is 6.53. The van der Waals surface area contributed by atoms with E-state index in [-0.39, 0.29) is 27.7 Å². The molecule has 0 bridgehead atoms. The van der Waals surface area contributed by atoms with Crippen molar-refractivity contribution in [2.75, 3.05) is 7.11 Å². The van der Waals surface area contributed by atoms with Gasteiger partial charge in [-0.2, -0.15) is 0 Å². The van der Waals surface area contributed by atoms with Gasteiger partial charge in [-0.25, -0.2) is 8.42 Å². The number of para-hydroxylation sites is 1. The summed E-state index contributed by atoms with van der Waals surface area (Å²) >= 11 is 6.35. The molecule has 4 aromatic carbocycles. The summed E-state index contributed by atoms with van der Waals surface area (Å²) in [5, 5.41) is -1.05. The molecule has 0 heterocycles. The van der Waals surface area contributed by atoms with Crippen molar-refractivity contribution in [2.24, 2.45) is 0 Å². The van der Waals surface area contributed by atoms with Gasteiger partial charge in [-0.15, -0.1) is 9.46 Å². The SMILES string of the molecule is COc1ccccc1S(=O)(=O)C(Cc1ccc(CP(=O)(OF)OF)c(Cl)c1)c1ccccc1-c1ccc(C)cc1. The molecule has 11 heteroatoms. The lowest BCUT2D eigenvalue weighted by Gasteiger charge is -2.23. The van der Waals surface area contributed by atoms with Crippen LogP contribution in [0, 0.1) is 6.92 Å². The molecule has 0 amide bonds. The van der Waals surface area contributed by atoms with Crippen LogP contribution in [0.5, 0.6) is 5.75 Å². The van der Waals surface area contributed by atoms with Crippen molar-refractivity contribution in [3.8, 4) is 16.9 Å². The van der Waals surface area contributed by atoms with Gasteiger partial charge in [0.05, 0.1) is 18.5 Å². The zero-order valence-corrected chi connectivity index (χ0v) is 24.1. The van der Waals surface area contributed by atoms with Gasteiger partial charge < -0.3 is 4.74 Å². The van der Waals surface area contributed by atoms with Crippen LogP contribution < -0.4 is 4.74 Å². The largest absolute Gasteiger partial charge is 0.495 e. The van der Waals surface area contributed by atoms with Crippen LogP contribution in [0.4, 0.5) is 9.05 Å². The minimum Gasteiger partial charge on any atom is -0.495 e. The van der Waals surface area contributed by atoms with E-state index in [0.717, 1.165) is 16.7 Å².